The molecule has 1 aromatic heterocycles. The van der Waals surface area contributed by atoms with Gasteiger partial charge in [-0.2, -0.15) is 0 Å². The predicted molar refractivity (Wildman–Crippen MR) is 176 cm³/mol. The third-order valence-corrected chi connectivity index (χ3v) is 8.70. The average molecular weight is 653 g/mol. The molecule has 4 rings (SSSR count). The smallest absolute Gasteiger partial charge is 0.357 e. The van der Waals surface area contributed by atoms with Crippen LogP contribution in [0.4, 0.5) is 10.8 Å². The third-order valence-electron chi connectivity index (χ3n) is 7.94. The number of esters is 1. The summed E-state index contributed by atoms with van der Waals surface area (Å²) in [4.78, 5) is 55.9. The van der Waals surface area contributed by atoms with Crippen LogP contribution in [0.1, 0.15) is 68.2 Å². The molecule has 0 unspecified atom stereocenters. The van der Waals surface area contributed by atoms with Crippen molar-refractivity contribution in [2.45, 2.75) is 59.0 Å². The van der Waals surface area contributed by atoms with Gasteiger partial charge in [0, 0.05) is 17.9 Å². The number of thiazole rings is 1. The molecule has 246 valence electrons. The van der Waals surface area contributed by atoms with Crippen molar-refractivity contribution in [2.24, 2.45) is 5.92 Å². The monoisotopic (exact) mass is 652 g/mol. The number of rotatable bonds is 12. The fraction of sp³-hybridized carbons (Fsp3) is 0.424. The lowest BCUT2D eigenvalue weighted by Crippen LogP contribution is -2.40. The summed E-state index contributed by atoms with van der Waals surface area (Å²) >= 11 is 1.10. The van der Waals surface area contributed by atoms with E-state index in [-0.39, 0.29) is 40.4 Å². The quantitative estimate of drug-likeness (QED) is 0.229. The van der Waals surface area contributed by atoms with Gasteiger partial charge in [-0.3, -0.25) is 14.4 Å². The van der Waals surface area contributed by atoms with E-state index >= 15 is 0 Å². The summed E-state index contributed by atoms with van der Waals surface area (Å²) in [5.74, 6) is -0.0532. The molecule has 0 bridgehead atoms. The lowest BCUT2D eigenvalue weighted by Gasteiger charge is -2.23. The molecule has 2 aromatic carbocycles. The molecule has 0 aliphatic heterocycles. The maximum absolute atomic E-state index is 13.8. The van der Waals surface area contributed by atoms with Gasteiger partial charge in [-0.1, -0.05) is 26.3 Å². The molecule has 0 radical (unpaired) electrons. The number of anilines is 2. The number of nitrogens with one attached hydrogen (secondary N) is 3. The van der Waals surface area contributed by atoms with E-state index < -0.39 is 24.0 Å². The number of nitrogens with zero attached hydrogens (tertiary/aromatic N) is 1. The SMILES string of the molecule is CCOC(=O)c1csc(NC(=O)[C@H](Nc2ccc3c(cc2=O)[C@@H](NC(C)=O)CCc2cc(OC)c(OC)c(OC)c2-3)[C@H](C)CC)n1. The molecule has 0 saturated heterocycles. The molecular formula is C33H40N4O8S. The van der Waals surface area contributed by atoms with Crippen molar-refractivity contribution in [3.05, 3.63) is 56.7 Å². The van der Waals surface area contributed by atoms with Gasteiger partial charge >= 0.3 is 5.97 Å². The van der Waals surface area contributed by atoms with Gasteiger partial charge in [0.25, 0.3) is 0 Å². The first-order chi connectivity index (χ1) is 22.1. The van der Waals surface area contributed by atoms with Crippen LogP contribution >= 0.6 is 11.3 Å². The van der Waals surface area contributed by atoms with Crippen molar-refractivity contribution in [1.82, 2.24) is 10.3 Å². The van der Waals surface area contributed by atoms with Gasteiger partial charge in [0.2, 0.25) is 23.0 Å². The van der Waals surface area contributed by atoms with Crippen LogP contribution in [0, 0.1) is 5.92 Å². The Kier molecular flexibility index (Phi) is 11.2. The van der Waals surface area contributed by atoms with Crippen LogP contribution in [-0.4, -0.2) is 56.7 Å². The van der Waals surface area contributed by atoms with E-state index in [4.69, 9.17) is 18.9 Å². The lowest BCUT2D eigenvalue weighted by atomic mass is 9.95. The van der Waals surface area contributed by atoms with Crippen LogP contribution in [-0.2, 0) is 20.7 Å². The van der Waals surface area contributed by atoms with Crippen LogP contribution in [0.3, 0.4) is 0 Å². The zero-order valence-electron chi connectivity index (χ0n) is 27.1. The minimum absolute atomic E-state index is 0.104. The molecule has 12 nitrogen and oxygen atoms in total. The van der Waals surface area contributed by atoms with Crippen LogP contribution in [0.15, 0.2) is 34.4 Å². The number of carbonyl (C=O) groups excluding carboxylic acids is 3. The Morgan fingerprint density at radius 2 is 1.80 bits per heavy atom. The van der Waals surface area contributed by atoms with Gasteiger partial charge in [0.1, 0.15) is 6.04 Å². The summed E-state index contributed by atoms with van der Waals surface area (Å²) in [5.41, 5.74) is 2.85. The molecule has 1 heterocycles. The van der Waals surface area contributed by atoms with Crippen molar-refractivity contribution in [1.29, 1.82) is 0 Å². The number of hydrogen-bond acceptors (Lipinski definition) is 11. The summed E-state index contributed by atoms with van der Waals surface area (Å²) in [6.45, 7) is 7.19. The highest BCUT2D eigenvalue weighted by atomic mass is 32.1. The highest BCUT2D eigenvalue weighted by Gasteiger charge is 2.31. The highest BCUT2D eigenvalue weighted by molar-refractivity contribution is 7.14. The van der Waals surface area contributed by atoms with Crippen LogP contribution in [0.2, 0.25) is 0 Å². The molecule has 13 heteroatoms. The predicted octanol–water partition coefficient (Wildman–Crippen LogP) is 4.96. The fourth-order valence-electron chi connectivity index (χ4n) is 5.51. The summed E-state index contributed by atoms with van der Waals surface area (Å²) in [7, 11) is 4.61. The van der Waals surface area contributed by atoms with Gasteiger partial charge in [-0.15, -0.1) is 11.3 Å². The molecule has 0 saturated carbocycles. The Bertz CT molecular complexity index is 1670. The first-order valence-electron chi connectivity index (χ1n) is 15.0. The second kappa shape index (κ2) is 15.1. The molecule has 0 spiro atoms. The van der Waals surface area contributed by atoms with Gasteiger partial charge in [0.05, 0.1) is 39.7 Å². The number of benzene rings is 1. The molecular weight excluding hydrogens is 612 g/mol. The summed E-state index contributed by atoms with van der Waals surface area (Å²) in [6, 6.07) is 5.54. The van der Waals surface area contributed by atoms with Gasteiger partial charge in [0.15, 0.2) is 22.3 Å². The number of ether oxygens (including phenoxy) is 4. The average Bonchev–Trinajstić information content (AvgIpc) is 3.38. The topological polar surface area (TPSA) is 154 Å². The molecule has 3 atom stereocenters. The van der Waals surface area contributed by atoms with Crippen LogP contribution < -0.4 is 35.6 Å². The summed E-state index contributed by atoms with van der Waals surface area (Å²) in [5, 5.41) is 10.7. The summed E-state index contributed by atoms with van der Waals surface area (Å²) < 4.78 is 22.1. The minimum atomic E-state index is -0.813. The minimum Gasteiger partial charge on any atom is -0.493 e. The number of aromatic nitrogens is 1. The molecule has 1 aliphatic rings. The maximum atomic E-state index is 13.8. The Morgan fingerprint density at radius 3 is 2.43 bits per heavy atom. The van der Waals surface area contributed by atoms with Gasteiger partial charge in [-0.05, 0) is 60.6 Å². The molecule has 0 fully saturated rings. The Hall–Kier alpha value is -4.65. The Balaban J connectivity index is 1.80. The van der Waals surface area contributed by atoms with E-state index in [0.29, 0.717) is 47.6 Å². The number of carbonyl (C=O) groups is 3. The fourth-order valence-corrected chi connectivity index (χ4v) is 6.19. The maximum Gasteiger partial charge on any atom is 0.357 e. The molecule has 46 heavy (non-hydrogen) atoms. The summed E-state index contributed by atoms with van der Waals surface area (Å²) in [6.07, 6.45) is 1.72. The van der Waals surface area contributed by atoms with E-state index in [1.54, 1.807) is 26.2 Å². The number of aryl methyl sites for hydroxylation is 1. The van der Waals surface area contributed by atoms with Gasteiger partial charge < -0.3 is 34.9 Å². The molecule has 3 aromatic rings. The Labute approximate surface area is 271 Å². The van der Waals surface area contributed by atoms with Gasteiger partial charge in [-0.25, -0.2) is 9.78 Å². The number of fused-ring (bicyclic) bond motifs is 3. The van der Waals surface area contributed by atoms with E-state index in [1.165, 1.54) is 32.6 Å². The third kappa shape index (κ3) is 7.25. The first kappa shape index (κ1) is 34.2. The number of hydrogen-bond donors (Lipinski definition) is 3. The van der Waals surface area contributed by atoms with E-state index in [0.717, 1.165) is 22.5 Å². The Morgan fingerprint density at radius 1 is 1.07 bits per heavy atom. The van der Waals surface area contributed by atoms with E-state index in [1.807, 2.05) is 19.9 Å². The zero-order valence-corrected chi connectivity index (χ0v) is 27.9. The molecule has 2 amide bonds. The molecule has 3 N–H and O–H groups in total. The standard InChI is InChI=1S/C33H40N4O8S/c1-8-17(3)28(31(40)37-33-36-24(16-46-33)32(41)45-9-2)35-23-13-11-20-21(15-25(23)39)22(34-18(4)38)12-10-19-14-26(42-5)29(43-6)30(44-7)27(19)20/h11,13-17,22,28H,8-10,12H2,1-7H3,(H,34,38)(H,35,39)(H,36,37,40)/t17-,22+,28-/m1/s1. The van der Waals surface area contributed by atoms with Crippen molar-refractivity contribution < 1.29 is 33.3 Å². The second-order valence-electron chi connectivity index (χ2n) is 10.9. The van der Waals surface area contributed by atoms with Crippen molar-refractivity contribution >= 4 is 39.9 Å². The normalized spacial score (nSPS) is 14.8. The van der Waals surface area contributed by atoms with Crippen molar-refractivity contribution in [2.75, 3.05) is 38.6 Å². The van der Waals surface area contributed by atoms with E-state index in [9.17, 15) is 19.2 Å². The van der Waals surface area contributed by atoms with Crippen LogP contribution in [0.5, 0.6) is 17.2 Å². The zero-order chi connectivity index (χ0) is 33.5. The van der Waals surface area contributed by atoms with E-state index in [2.05, 4.69) is 20.9 Å². The van der Waals surface area contributed by atoms with Crippen molar-refractivity contribution in [3.63, 3.8) is 0 Å². The first-order valence-corrected chi connectivity index (χ1v) is 15.9. The second-order valence-corrected chi connectivity index (χ2v) is 11.7. The highest BCUT2D eigenvalue weighted by Crippen LogP contribution is 2.50. The lowest BCUT2D eigenvalue weighted by molar-refractivity contribution is -0.120. The largest absolute Gasteiger partial charge is 0.493 e. The molecule has 1 aliphatic carbocycles. The number of methoxy groups -OCH3 is 3. The number of amides is 2. The van der Waals surface area contributed by atoms with Crippen LogP contribution in [0.25, 0.3) is 11.1 Å². The van der Waals surface area contributed by atoms with Crippen molar-refractivity contribution in [3.8, 4) is 28.4 Å².